The molecule has 2 rings (SSSR count). The molecule has 10 heteroatoms. The maximum Gasteiger partial charge on any atom is 0.325 e. The summed E-state index contributed by atoms with van der Waals surface area (Å²) < 4.78 is 25.2. The fraction of sp³-hybridized carbons (Fsp3) is 0.286. The Hall–Kier alpha value is -2.75. The molecular weight excluding hydrogens is 336 g/mol. The lowest BCUT2D eigenvalue weighted by Crippen LogP contribution is -2.25. The Morgan fingerprint density at radius 1 is 1.29 bits per heavy atom. The summed E-state index contributed by atoms with van der Waals surface area (Å²) in [4.78, 5) is 22.8. The van der Waals surface area contributed by atoms with Crippen LogP contribution in [0, 0.1) is 0 Å². The zero-order chi connectivity index (χ0) is 17.7. The van der Waals surface area contributed by atoms with Gasteiger partial charge in [0.05, 0.1) is 29.0 Å². The molecule has 1 amide bonds. The van der Waals surface area contributed by atoms with Gasteiger partial charge in [-0.25, -0.2) is 13.1 Å². The number of nitrogens with zero attached hydrogens (tertiary/aromatic N) is 3. The van der Waals surface area contributed by atoms with E-state index in [1.165, 1.54) is 25.3 Å². The lowest BCUT2D eigenvalue weighted by Gasteiger charge is -2.09. The Bertz CT molecular complexity index is 860. The number of carboxylic acids is 1. The molecular formula is C14H16N4O5S. The molecule has 2 aromatic rings. The molecule has 0 radical (unpaired) electrons. The largest absolute Gasteiger partial charge is 0.480 e. The van der Waals surface area contributed by atoms with Crippen molar-refractivity contribution in [2.24, 2.45) is 0 Å². The summed E-state index contributed by atoms with van der Waals surface area (Å²) in [7, 11) is -3.52. The Morgan fingerprint density at radius 2 is 2.00 bits per heavy atom. The number of sulfone groups is 1. The fourth-order valence-corrected chi connectivity index (χ4v) is 3.08. The Labute approximate surface area is 138 Å². The number of aliphatic carboxylic acids is 1. The van der Waals surface area contributed by atoms with E-state index in [1.54, 1.807) is 12.1 Å². The van der Waals surface area contributed by atoms with Crippen molar-refractivity contribution in [1.29, 1.82) is 0 Å². The van der Waals surface area contributed by atoms with Crippen molar-refractivity contribution < 1.29 is 23.1 Å². The second kappa shape index (κ2) is 7.21. The maximum atomic E-state index is 12.3. The van der Waals surface area contributed by atoms with Crippen LogP contribution in [-0.2, 0) is 27.7 Å². The minimum absolute atomic E-state index is 0.00103. The molecule has 2 N–H and O–H groups in total. The molecule has 0 aliphatic carbocycles. The zero-order valence-electron chi connectivity index (χ0n) is 12.8. The van der Waals surface area contributed by atoms with E-state index in [1.807, 2.05) is 0 Å². The van der Waals surface area contributed by atoms with Crippen molar-refractivity contribution in [2.45, 2.75) is 24.9 Å². The number of hydrogen-bond acceptors (Lipinski definition) is 6. The third-order valence-electron chi connectivity index (χ3n) is 3.16. The van der Waals surface area contributed by atoms with Crippen molar-refractivity contribution >= 4 is 21.7 Å². The van der Waals surface area contributed by atoms with Gasteiger partial charge < -0.3 is 10.4 Å². The van der Waals surface area contributed by atoms with Crippen molar-refractivity contribution in [2.75, 3.05) is 5.75 Å². The molecule has 0 spiro atoms. The molecule has 1 heterocycles. The fourth-order valence-electron chi connectivity index (χ4n) is 1.98. The van der Waals surface area contributed by atoms with E-state index in [9.17, 15) is 18.0 Å². The van der Waals surface area contributed by atoms with Gasteiger partial charge in [0, 0.05) is 0 Å². The Morgan fingerprint density at radius 3 is 2.67 bits per heavy atom. The molecule has 128 valence electrons. The van der Waals surface area contributed by atoms with Crippen LogP contribution in [0.5, 0.6) is 0 Å². The quantitative estimate of drug-likeness (QED) is 0.721. The van der Waals surface area contributed by atoms with E-state index in [2.05, 4.69) is 15.6 Å². The predicted molar refractivity (Wildman–Crippen MR) is 83.0 cm³/mol. The van der Waals surface area contributed by atoms with Gasteiger partial charge in [-0.2, -0.15) is 0 Å². The summed E-state index contributed by atoms with van der Waals surface area (Å²) in [5.41, 5.74) is 0.415. The number of rotatable bonds is 7. The summed E-state index contributed by atoms with van der Waals surface area (Å²) in [6.07, 6.45) is 1.39. The van der Waals surface area contributed by atoms with Crippen LogP contribution in [-0.4, -0.2) is 46.1 Å². The lowest BCUT2D eigenvalue weighted by molar-refractivity contribution is -0.137. The van der Waals surface area contributed by atoms with Crippen LogP contribution >= 0.6 is 0 Å². The van der Waals surface area contributed by atoms with E-state index in [4.69, 9.17) is 5.11 Å². The van der Waals surface area contributed by atoms with Gasteiger partial charge in [-0.15, -0.1) is 5.10 Å². The number of carbonyl (C=O) groups excluding carboxylic acids is 1. The summed E-state index contributed by atoms with van der Waals surface area (Å²) >= 11 is 0. The first-order valence-corrected chi connectivity index (χ1v) is 8.69. The average Bonchev–Trinajstić information content (AvgIpc) is 2.99. The van der Waals surface area contributed by atoms with Gasteiger partial charge in [-0.3, -0.25) is 9.59 Å². The first-order chi connectivity index (χ1) is 11.3. The first kappa shape index (κ1) is 17.6. The highest BCUT2D eigenvalue weighted by Gasteiger charge is 2.20. The highest BCUT2D eigenvalue weighted by Crippen LogP contribution is 2.17. The summed E-state index contributed by atoms with van der Waals surface area (Å²) in [5.74, 6) is -1.73. The smallest absolute Gasteiger partial charge is 0.325 e. The molecule has 0 unspecified atom stereocenters. The summed E-state index contributed by atoms with van der Waals surface area (Å²) in [6.45, 7) is 1.17. The Balaban J connectivity index is 2.11. The van der Waals surface area contributed by atoms with E-state index in [0.717, 1.165) is 4.68 Å². The standard InChI is InChI=1S/C14H16N4O5S/c1-2-24(22,23)12-6-4-3-5-11(12)14(21)15-7-10-8-18(17-16-10)9-13(19)20/h3-6,8H,2,7,9H2,1H3,(H,15,21)(H,19,20). The topological polar surface area (TPSA) is 131 Å². The normalized spacial score (nSPS) is 11.2. The van der Waals surface area contributed by atoms with Crippen molar-refractivity contribution in [3.8, 4) is 0 Å². The number of amides is 1. The van der Waals surface area contributed by atoms with Crippen LogP contribution in [0.25, 0.3) is 0 Å². The molecule has 9 nitrogen and oxygen atoms in total. The first-order valence-electron chi connectivity index (χ1n) is 7.04. The highest BCUT2D eigenvalue weighted by molar-refractivity contribution is 7.91. The number of nitrogens with one attached hydrogen (secondary N) is 1. The zero-order valence-corrected chi connectivity index (χ0v) is 13.7. The van der Waals surface area contributed by atoms with Crippen LogP contribution in [0.1, 0.15) is 23.0 Å². The van der Waals surface area contributed by atoms with Crippen molar-refractivity contribution in [3.05, 3.63) is 41.7 Å². The number of carbonyl (C=O) groups is 2. The van der Waals surface area contributed by atoms with E-state index >= 15 is 0 Å². The lowest BCUT2D eigenvalue weighted by atomic mass is 10.2. The van der Waals surface area contributed by atoms with Crippen molar-refractivity contribution in [3.63, 3.8) is 0 Å². The van der Waals surface area contributed by atoms with Crippen LogP contribution in [0.4, 0.5) is 0 Å². The van der Waals surface area contributed by atoms with Gasteiger partial charge in [0.1, 0.15) is 12.2 Å². The van der Waals surface area contributed by atoms with Gasteiger partial charge in [0.25, 0.3) is 5.91 Å². The number of aromatic nitrogens is 3. The second-order valence-electron chi connectivity index (χ2n) is 4.88. The number of carboxylic acid groups (broad SMARTS) is 1. The third-order valence-corrected chi connectivity index (χ3v) is 4.95. The van der Waals surface area contributed by atoms with Gasteiger partial charge in [0.15, 0.2) is 9.84 Å². The van der Waals surface area contributed by atoms with Gasteiger partial charge >= 0.3 is 5.97 Å². The molecule has 0 aliphatic heterocycles. The monoisotopic (exact) mass is 352 g/mol. The number of benzene rings is 1. The van der Waals surface area contributed by atoms with Crippen LogP contribution in [0.2, 0.25) is 0 Å². The molecule has 1 aromatic carbocycles. The molecule has 0 atom stereocenters. The minimum atomic E-state index is -3.52. The van der Waals surface area contributed by atoms with Gasteiger partial charge in [0.2, 0.25) is 0 Å². The van der Waals surface area contributed by atoms with Gasteiger partial charge in [-0.1, -0.05) is 24.3 Å². The minimum Gasteiger partial charge on any atom is -0.480 e. The van der Waals surface area contributed by atoms with E-state index < -0.39 is 21.7 Å². The summed E-state index contributed by atoms with van der Waals surface area (Å²) in [5, 5.41) is 18.6. The highest BCUT2D eigenvalue weighted by atomic mass is 32.2. The SMILES string of the molecule is CCS(=O)(=O)c1ccccc1C(=O)NCc1cn(CC(=O)O)nn1. The molecule has 24 heavy (non-hydrogen) atoms. The second-order valence-corrected chi connectivity index (χ2v) is 7.13. The van der Waals surface area contributed by atoms with E-state index in [0.29, 0.717) is 5.69 Å². The van der Waals surface area contributed by atoms with Gasteiger partial charge in [-0.05, 0) is 12.1 Å². The predicted octanol–water partition coefficient (Wildman–Crippen LogP) is 0.0863. The van der Waals surface area contributed by atoms with Crippen LogP contribution in [0.15, 0.2) is 35.4 Å². The third kappa shape index (κ3) is 4.16. The molecule has 0 aliphatic rings. The average molecular weight is 352 g/mol. The van der Waals surface area contributed by atoms with E-state index in [-0.39, 0.29) is 29.3 Å². The van der Waals surface area contributed by atoms with Crippen LogP contribution in [0.3, 0.4) is 0 Å². The molecule has 0 saturated heterocycles. The molecule has 0 fully saturated rings. The molecule has 0 bridgehead atoms. The maximum absolute atomic E-state index is 12.3. The Kier molecular flexibility index (Phi) is 5.29. The molecule has 0 saturated carbocycles. The van der Waals surface area contributed by atoms with Crippen LogP contribution < -0.4 is 5.32 Å². The van der Waals surface area contributed by atoms with Crippen molar-refractivity contribution in [1.82, 2.24) is 20.3 Å². The number of hydrogen-bond donors (Lipinski definition) is 2. The molecule has 1 aromatic heterocycles. The summed E-state index contributed by atoms with van der Waals surface area (Å²) in [6, 6.07) is 5.94.